The lowest BCUT2D eigenvalue weighted by molar-refractivity contribution is 0.275. The zero-order valence-electron chi connectivity index (χ0n) is 10.0. The number of nitrogens with zero attached hydrogens (tertiary/aromatic N) is 3. The first-order valence-corrected chi connectivity index (χ1v) is 5.71. The molecular weight excluding hydrogens is 233 g/mol. The Bertz CT molecular complexity index is 516. The maximum Gasteiger partial charge on any atom is 0.155 e. The van der Waals surface area contributed by atoms with E-state index in [-0.39, 0.29) is 12.4 Å². The lowest BCUT2D eigenvalue weighted by atomic mass is 10.2. The molecule has 0 spiro atoms. The molecule has 0 aliphatic carbocycles. The Morgan fingerprint density at radius 1 is 1.17 bits per heavy atom. The van der Waals surface area contributed by atoms with Gasteiger partial charge in [0.2, 0.25) is 0 Å². The van der Waals surface area contributed by atoms with E-state index < -0.39 is 0 Å². The maximum absolute atomic E-state index is 13.7. The second-order valence-corrected chi connectivity index (χ2v) is 3.74. The fourth-order valence-electron chi connectivity index (χ4n) is 1.71. The monoisotopic (exact) mass is 247 g/mol. The summed E-state index contributed by atoms with van der Waals surface area (Å²) in [5, 5.41) is 16.8. The molecule has 1 heterocycles. The summed E-state index contributed by atoms with van der Waals surface area (Å²) in [6.45, 7) is 2.33. The summed E-state index contributed by atoms with van der Waals surface area (Å²) >= 11 is 0. The van der Waals surface area contributed by atoms with Crippen molar-refractivity contribution in [3.8, 4) is 0 Å². The van der Waals surface area contributed by atoms with Gasteiger partial charge in [0.1, 0.15) is 5.82 Å². The quantitative estimate of drug-likeness (QED) is 0.900. The highest BCUT2D eigenvalue weighted by molar-refractivity contribution is 5.59. The van der Waals surface area contributed by atoms with Crippen LogP contribution >= 0.6 is 0 Å². The van der Waals surface area contributed by atoms with Crippen LogP contribution in [0.1, 0.15) is 12.6 Å². The minimum Gasteiger partial charge on any atom is -0.390 e. The first-order valence-electron chi connectivity index (χ1n) is 5.71. The smallest absolute Gasteiger partial charge is 0.155 e. The van der Waals surface area contributed by atoms with Crippen LogP contribution in [-0.2, 0) is 6.61 Å². The molecule has 18 heavy (non-hydrogen) atoms. The van der Waals surface area contributed by atoms with Crippen molar-refractivity contribution in [2.24, 2.45) is 0 Å². The van der Waals surface area contributed by atoms with Gasteiger partial charge in [0.15, 0.2) is 5.82 Å². The number of aromatic nitrogens is 2. The minimum absolute atomic E-state index is 0.154. The molecule has 0 saturated heterocycles. The van der Waals surface area contributed by atoms with E-state index >= 15 is 0 Å². The third kappa shape index (κ3) is 2.46. The molecule has 0 aliphatic heterocycles. The summed E-state index contributed by atoms with van der Waals surface area (Å²) in [5.74, 6) is 0.257. The summed E-state index contributed by atoms with van der Waals surface area (Å²) in [5.41, 5.74) is 0.953. The van der Waals surface area contributed by atoms with Gasteiger partial charge in [0.25, 0.3) is 0 Å². The zero-order chi connectivity index (χ0) is 13.0. The largest absolute Gasteiger partial charge is 0.390 e. The Labute approximate surface area is 105 Å². The number of benzene rings is 1. The Balaban J connectivity index is 2.36. The van der Waals surface area contributed by atoms with Gasteiger partial charge in [-0.05, 0) is 31.2 Å². The first kappa shape index (κ1) is 12.4. The normalized spacial score (nSPS) is 10.4. The van der Waals surface area contributed by atoms with Crippen LogP contribution in [0.3, 0.4) is 0 Å². The van der Waals surface area contributed by atoms with Crippen molar-refractivity contribution in [2.45, 2.75) is 13.5 Å². The second kappa shape index (κ2) is 5.55. The summed E-state index contributed by atoms with van der Waals surface area (Å²) in [6.07, 6.45) is 0. The van der Waals surface area contributed by atoms with Crippen molar-refractivity contribution in [3.63, 3.8) is 0 Å². The molecule has 5 heteroatoms. The average Bonchev–Trinajstić information content (AvgIpc) is 2.42. The molecule has 2 aromatic rings. The summed E-state index contributed by atoms with van der Waals surface area (Å²) in [6, 6.07) is 9.91. The Kier molecular flexibility index (Phi) is 3.84. The molecule has 0 radical (unpaired) electrons. The van der Waals surface area contributed by atoms with Crippen LogP contribution in [0.25, 0.3) is 0 Å². The van der Waals surface area contributed by atoms with Crippen molar-refractivity contribution in [1.29, 1.82) is 0 Å². The van der Waals surface area contributed by atoms with Crippen LogP contribution in [0, 0.1) is 5.82 Å². The topological polar surface area (TPSA) is 49.2 Å². The lowest BCUT2D eigenvalue weighted by Crippen LogP contribution is -2.19. The van der Waals surface area contributed by atoms with Gasteiger partial charge in [-0.1, -0.05) is 12.1 Å². The van der Waals surface area contributed by atoms with Crippen molar-refractivity contribution < 1.29 is 9.50 Å². The molecule has 1 aromatic heterocycles. The van der Waals surface area contributed by atoms with Crippen LogP contribution in [-0.4, -0.2) is 21.8 Å². The maximum atomic E-state index is 13.7. The summed E-state index contributed by atoms with van der Waals surface area (Å²) in [7, 11) is 0. The lowest BCUT2D eigenvalue weighted by Gasteiger charge is -2.21. The van der Waals surface area contributed by atoms with E-state index in [0.29, 0.717) is 23.7 Å². The van der Waals surface area contributed by atoms with Crippen molar-refractivity contribution >= 4 is 11.5 Å². The molecule has 0 atom stereocenters. The van der Waals surface area contributed by atoms with E-state index in [0.717, 1.165) is 0 Å². The predicted molar refractivity (Wildman–Crippen MR) is 67.0 cm³/mol. The van der Waals surface area contributed by atoms with Gasteiger partial charge >= 0.3 is 0 Å². The highest BCUT2D eigenvalue weighted by Crippen LogP contribution is 2.25. The number of hydrogen-bond acceptors (Lipinski definition) is 4. The zero-order valence-corrected chi connectivity index (χ0v) is 10.0. The molecule has 2 rings (SSSR count). The van der Waals surface area contributed by atoms with Gasteiger partial charge in [-0.15, -0.1) is 5.10 Å². The molecule has 94 valence electrons. The molecule has 1 N–H and O–H groups in total. The number of aliphatic hydroxyl groups excluding tert-OH is 1. The van der Waals surface area contributed by atoms with Crippen molar-refractivity contribution in [1.82, 2.24) is 10.2 Å². The molecule has 0 aliphatic rings. The fraction of sp³-hybridized carbons (Fsp3) is 0.231. The standard InChI is InChI=1S/C13H14FN3O/c1-2-17(12-6-4-3-5-11(12)14)13-8-7-10(9-18)15-16-13/h3-8,18H,2,9H2,1H3. The fourth-order valence-corrected chi connectivity index (χ4v) is 1.71. The number of halogens is 1. The van der Waals surface area contributed by atoms with E-state index in [2.05, 4.69) is 10.2 Å². The van der Waals surface area contributed by atoms with Crippen molar-refractivity contribution in [2.75, 3.05) is 11.4 Å². The molecule has 0 unspecified atom stereocenters. The number of rotatable bonds is 4. The van der Waals surface area contributed by atoms with Gasteiger partial charge in [-0.3, -0.25) is 0 Å². The Hall–Kier alpha value is -2.01. The van der Waals surface area contributed by atoms with E-state index in [1.807, 2.05) is 6.92 Å². The van der Waals surface area contributed by atoms with Crippen LogP contribution in [0.15, 0.2) is 36.4 Å². The average molecular weight is 247 g/mol. The Morgan fingerprint density at radius 2 is 1.94 bits per heavy atom. The molecule has 1 aromatic carbocycles. The Morgan fingerprint density at radius 3 is 2.50 bits per heavy atom. The second-order valence-electron chi connectivity index (χ2n) is 3.74. The number of aliphatic hydroxyl groups is 1. The molecule has 0 fully saturated rings. The van der Waals surface area contributed by atoms with Crippen LogP contribution in [0.4, 0.5) is 15.9 Å². The number of para-hydroxylation sites is 1. The molecular formula is C13H14FN3O. The number of hydrogen-bond donors (Lipinski definition) is 1. The highest BCUT2D eigenvalue weighted by Gasteiger charge is 2.12. The van der Waals surface area contributed by atoms with Gasteiger partial charge in [0, 0.05) is 6.54 Å². The van der Waals surface area contributed by atoms with E-state index in [4.69, 9.17) is 5.11 Å². The van der Waals surface area contributed by atoms with E-state index in [1.165, 1.54) is 6.07 Å². The first-order chi connectivity index (χ1) is 8.76. The highest BCUT2D eigenvalue weighted by atomic mass is 19.1. The van der Waals surface area contributed by atoms with Crippen LogP contribution in [0.2, 0.25) is 0 Å². The molecule has 0 amide bonds. The minimum atomic E-state index is -0.299. The summed E-state index contributed by atoms with van der Waals surface area (Å²) in [4.78, 5) is 1.73. The summed E-state index contributed by atoms with van der Waals surface area (Å²) < 4.78 is 13.7. The van der Waals surface area contributed by atoms with E-state index in [9.17, 15) is 4.39 Å². The van der Waals surface area contributed by atoms with E-state index in [1.54, 1.807) is 35.2 Å². The van der Waals surface area contributed by atoms with Gasteiger partial charge < -0.3 is 10.0 Å². The van der Waals surface area contributed by atoms with Crippen LogP contribution < -0.4 is 4.90 Å². The van der Waals surface area contributed by atoms with Gasteiger partial charge in [-0.25, -0.2) is 4.39 Å². The van der Waals surface area contributed by atoms with Crippen LogP contribution in [0.5, 0.6) is 0 Å². The van der Waals surface area contributed by atoms with Crippen molar-refractivity contribution in [3.05, 3.63) is 47.9 Å². The van der Waals surface area contributed by atoms with Gasteiger partial charge in [-0.2, -0.15) is 5.10 Å². The molecule has 0 bridgehead atoms. The third-order valence-electron chi connectivity index (χ3n) is 2.60. The third-order valence-corrected chi connectivity index (χ3v) is 2.60. The SMILES string of the molecule is CCN(c1ccc(CO)nn1)c1ccccc1F. The predicted octanol–water partition coefficient (Wildman–Crippen LogP) is 2.27. The van der Waals surface area contributed by atoms with Gasteiger partial charge in [0.05, 0.1) is 18.0 Å². The molecule has 0 saturated carbocycles. The molecule has 4 nitrogen and oxygen atoms in total. The number of anilines is 2.